The third-order valence-electron chi connectivity index (χ3n) is 3.64. The molecule has 2 amide bonds. The first-order valence-electron chi connectivity index (χ1n) is 7.34. The highest BCUT2D eigenvalue weighted by Gasteiger charge is 2.18. The molecule has 120 valence electrons. The largest absolute Gasteiger partial charge is 0.482 e. The van der Waals surface area contributed by atoms with Crippen LogP contribution in [0.3, 0.4) is 0 Å². The molecule has 0 fully saturated rings. The summed E-state index contributed by atoms with van der Waals surface area (Å²) < 4.78 is 6.31. The van der Waals surface area contributed by atoms with E-state index in [0.29, 0.717) is 22.1 Å². The summed E-state index contributed by atoms with van der Waals surface area (Å²) in [6, 6.07) is 10.9. The van der Waals surface area contributed by atoms with Crippen LogP contribution in [0, 0.1) is 6.92 Å². The zero-order valence-corrected chi connectivity index (χ0v) is 13.6. The molecule has 24 heavy (non-hydrogen) atoms. The lowest BCUT2D eigenvalue weighted by molar-refractivity contribution is -0.118. The smallest absolute Gasteiger partial charge is 0.262 e. The van der Waals surface area contributed by atoms with Crippen molar-refractivity contribution in [3.05, 3.63) is 47.5 Å². The van der Waals surface area contributed by atoms with Crippen molar-refractivity contribution >= 4 is 44.2 Å². The summed E-state index contributed by atoms with van der Waals surface area (Å²) in [5.74, 6) is 0.0385. The van der Waals surface area contributed by atoms with E-state index in [2.05, 4.69) is 15.6 Å². The molecular formula is C17H13N3O3S. The van der Waals surface area contributed by atoms with Gasteiger partial charge >= 0.3 is 0 Å². The summed E-state index contributed by atoms with van der Waals surface area (Å²) in [4.78, 5) is 28.2. The fourth-order valence-corrected chi connectivity index (χ4v) is 3.44. The minimum absolute atomic E-state index is 0.0103. The SMILES string of the molecule is Cc1ccc2nc(NC(=O)c3ccc4c(c3)NC(=O)CO4)sc2c1. The number of aromatic nitrogens is 1. The van der Waals surface area contributed by atoms with E-state index in [-0.39, 0.29) is 18.4 Å². The molecule has 1 aliphatic rings. The molecule has 1 aromatic heterocycles. The van der Waals surface area contributed by atoms with Crippen LogP contribution in [-0.4, -0.2) is 23.4 Å². The highest BCUT2D eigenvalue weighted by atomic mass is 32.1. The number of aryl methyl sites for hydroxylation is 1. The number of fused-ring (bicyclic) bond motifs is 2. The van der Waals surface area contributed by atoms with E-state index in [1.165, 1.54) is 11.3 Å². The summed E-state index contributed by atoms with van der Waals surface area (Å²) in [6.07, 6.45) is 0. The number of hydrogen-bond donors (Lipinski definition) is 2. The molecule has 0 saturated heterocycles. The maximum absolute atomic E-state index is 12.4. The van der Waals surface area contributed by atoms with Gasteiger partial charge in [-0.3, -0.25) is 14.9 Å². The number of nitrogens with zero attached hydrogens (tertiary/aromatic N) is 1. The molecule has 0 radical (unpaired) electrons. The van der Waals surface area contributed by atoms with Gasteiger partial charge < -0.3 is 10.1 Å². The first-order chi connectivity index (χ1) is 11.6. The molecule has 0 atom stereocenters. The molecule has 2 N–H and O–H groups in total. The Bertz CT molecular complexity index is 980. The number of amides is 2. The first-order valence-corrected chi connectivity index (χ1v) is 8.15. The van der Waals surface area contributed by atoms with Gasteiger partial charge in [-0.2, -0.15) is 0 Å². The van der Waals surface area contributed by atoms with Crippen LogP contribution in [0.4, 0.5) is 10.8 Å². The summed E-state index contributed by atoms with van der Waals surface area (Å²) in [5, 5.41) is 6.03. The quantitative estimate of drug-likeness (QED) is 0.751. The average Bonchev–Trinajstić information content (AvgIpc) is 2.95. The minimum Gasteiger partial charge on any atom is -0.482 e. The number of nitrogens with one attached hydrogen (secondary N) is 2. The average molecular weight is 339 g/mol. The van der Waals surface area contributed by atoms with Gasteiger partial charge in [0.25, 0.3) is 11.8 Å². The van der Waals surface area contributed by atoms with E-state index in [0.717, 1.165) is 15.8 Å². The molecule has 3 aromatic rings. The van der Waals surface area contributed by atoms with Crippen molar-refractivity contribution in [2.45, 2.75) is 6.92 Å². The Morgan fingerprint density at radius 1 is 1.29 bits per heavy atom. The van der Waals surface area contributed by atoms with Gasteiger partial charge in [0.1, 0.15) is 5.75 Å². The standard InChI is InChI=1S/C17H13N3O3S/c1-9-2-4-11-14(6-9)24-17(19-11)20-16(22)10-3-5-13-12(7-10)18-15(21)8-23-13/h2-7H,8H2,1H3,(H,18,21)(H,19,20,22). The van der Waals surface area contributed by atoms with E-state index in [1.54, 1.807) is 18.2 Å². The second-order valence-electron chi connectivity index (χ2n) is 5.49. The second kappa shape index (κ2) is 5.61. The Hall–Kier alpha value is -2.93. The highest BCUT2D eigenvalue weighted by molar-refractivity contribution is 7.22. The fraction of sp³-hybridized carbons (Fsp3) is 0.118. The Morgan fingerprint density at radius 2 is 2.17 bits per heavy atom. The van der Waals surface area contributed by atoms with Crippen LogP contribution in [0.5, 0.6) is 5.75 Å². The molecule has 0 unspecified atom stereocenters. The Morgan fingerprint density at radius 3 is 3.04 bits per heavy atom. The van der Waals surface area contributed by atoms with E-state index >= 15 is 0 Å². The van der Waals surface area contributed by atoms with E-state index in [9.17, 15) is 9.59 Å². The van der Waals surface area contributed by atoms with Gasteiger partial charge in [-0.1, -0.05) is 17.4 Å². The lowest BCUT2D eigenvalue weighted by Crippen LogP contribution is -2.25. The Kier molecular flexibility index (Phi) is 3.42. The van der Waals surface area contributed by atoms with Gasteiger partial charge in [0.2, 0.25) is 0 Å². The summed E-state index contributed by atoms with van der Waals surface area (Å²) >= 11 is 1.43. The van der Waals surface area contributed by atoms with Gasteiger partial charge in [0.15, 0.2) is 11.7 Å². The molecule has 4 rings (SSSR count). The number of benzene rings is 2. The lowest BCUT2D eigenvalue weighted by Gasteiger charge is -2.18. The molecule has 2 aromatic carbocycles. The van der Waals surface area contributed by atoms with E-state index in [4.69, 9.17) is 4.74 Å². The van der Waals surface area contributed by atoms with Gasteiger partial charge in [-0.25, -0.2) is 4.98 Å². The molecule has 2 heterocycles. The van der Waals surface area contributed by atoms with E-state index < -0.39 is 0 Å². The van der Waals surface area contributed by atoms with E-state index in [1.807, 2.05) is 25.1 Å². The number of anilines is 2. The molecule has 0 spiro atoms. The minimum atomic E-state index is -0.284. The summed E-state index contributed by atoms with van der Waals surface area (Å²) in [6.45, 7) is 2.00. The van der Waals surface area contributed by atoms with Gasteiger partial charge in [0.05, 0.1) is 15.9 Å². The molecule has 0 bridgehead atoms. The highest BCUT2D eigenvalue weighted by Crippen LogP contribution is 2.30. The Labute approximate surface area is 141 Å². The predicted molar refractivity (Wildman–Crippen MR) is 92.9 cm³/mol. The van der Waals surface area contributed by atoms with Crippen LogP contribution >= 0.6 is 11.3 Å². The number of carbonyl (C=O) groups is 2. The molecule has 0 aliphatic carbocycles. The monoisotopic (exact) mass is 339 g/mol. The van der Waals surface area contributed by atoms with Crippen molar-refractivity contribution in [3.8, 4) is 5.75 Å². The van der Waals surface area contributed by atoms with Gasteiger partial charge in [-0.05, 0) is 42.8 Å². The topological polar surface area (TPSA) is 80.3 Å². The summed E-state index contributed by atoms with van der Waals surface area (Å²) in [7, 11) is 0. The van der Waals surface area contributed by atoms with Crippen LogP contribution in [0.1, 0.15) is 15.9 Å². The van der Waals surface area contributed by atoms with Crippen molar-refractivity contribution < 1.29 is 14.3 Å². The van der Waals surface area contributed by atoms with Gasteiger partial charge in [0, 0.05) is 5.56 Å². The number of rotatable bonds is 2. The van der Waals surface area contributed by atoms with Crippen LogP contribution in [0.15, 0.2) is 36.4 Å². The molecule has 7 heteroatoms. The second-order valence-corrected chi connectivity index (χ2v) is 6.52. The zero-order valence-electron chi connectivity index (χ0n) is 12.8. The van der Waals surface area contributed by atoms with Crippen LogP contribution in [0.25, 0.3) is 10.2 Å². The van der Waals surface area contributed by atoms with Crippen LogP contribution in [-0.2, 0) is 4.79 Å². The fourth-order valence-electron chi connectivity index (χ4n) is 2.48. The van der Waals surface area contributed by atoms with Crippen LogP contribution < -0.4 is 15.4 Å². The van der Waals surface area contributed by atoms with Crippen molar-refractivity contribution in [1.82, 2.24) is 4.98 Å². The number of carbonyl (C=O) groups excluding carboxylic acids is 2. The number of hydrogen-bond acceptors (Lipinski definition) is 5. The number of thiazole rings is 1. The molecular weight excluding hydrogens is 326 g/mol. The zero-order chi connectivity index (χ0) is 16.7. The lowest BCUT2D eigenvalue weighted by atomic mass is 10.1. The van der Waals surface area contributed by atoms with Crippen molar-refractivity contribution in [1.29, 1.82) is 0 Å². The molecule has 6 nitrogen and oxygen atoms in total. The van der Waals surface area contributed by atoms with Crippen molar-refractivity contribution in [3.63, 3.8) is 0 Å². The van der Waals surface area contributed by atoms with Crippen molar-refractivity contribution in [2.75, 3.05) is 17.2 Å². The third-order valence-corrected chi connectivity index (χ3v) is 4.57. The first kappa shape index (κ1) is 14.6. The van der Waals surface area contributed by atoms with Crippen molar-refractivity contribution in [2.24, 2.45) is 0 Å². The number of ether oxygens (including phenoxy) is 1. The molecule has 0 saturated carbocycles. The normalized spacial score (nSPS) is 13.1. The van der Waals surface area contributed by atoms with Gasteiger partial charge in [-0.15, -0.1) is 0 Å². The third kappa shape index (κ3) is 2.69. The summed E-state index contributed by atoms with van der Waals surface area (Å²) in [5.41, 5.74) is 2.93. The Balaban J connectivity index is 1.59. The maximum Gasteiger partial charge on any atom is 0.262 e. The molecule has 1 aliphatic heterocycles. The predicted octanol–water partition coefficient (Wildman–Crippen LogP) is 3.19. The van der Waals surface area contributed by atoms with Crippen LogP contribution in [0.2, 0.25) is 0 Å². The maximum atomic E-state index is 12.4.